The second-order valence-electron chi connectivity index (χ2n) is 3.69. The van der Waals surface area contributed by atoms with Crippen LogP contribution in [0, 0.1) is 5.92 Å². The molecule has 1 aliphatic carbocycles. The van der Waals surface area contributed by atoms with Crippen molar-refractivity contribution in [1.82, 2.24) is 0 Å². The maximum atomic E-state index is 12.7. The third-order valence-corrected chi connectivity index (χ3v) is 3.31. The fourth-order valence-electron chi connectivity index (χ4n) is 1.73. The van der Waals surface area contributed by atoms with Crippen LogP contribution in [0.25, 0.3) is 0 Å². The van der Waals surface area contributed by atoms with E-state index in [0.717, 1.165) is 12.8 Å². The Hall–Kier alpha value is -0.160. The van der Waals surface area contributed by atoms with Crippen LogP contribution < -0.4 is 0 Å². The molecule has 0 unspecified atom stereocenters. The van der Waals surface area contributed by atoms with Gasteiger partial charge in [0, 0.05) is 0 Å². The van der Waals surface area contributed by atoms with Crippen molar-refractivity contribution in [3.8, 4) is 0 Å². The molecule has 0 heterocycles. The zero-order chi connectivity index (χ0) is 9.90. The minimum atomic E-state index is -3.83. The molecule has 0 amide bonds. The number of alkyl halides is 1. The smallest absolute Gasteiger partial charge is 0.264 e. The lowest BCUT2D eigenvalue weighted by molar-refractivity contribution is 0.204. The second kappa shape index (κ2) is 4.37. The predicted molar refractivity (Wildman–Crippen MR) is 47.9 cm³/mol. The van der Waals surface area contributed by atoms with Gasteiger partial charge in [-0.05, 0) is 38.0 Å². The molecule has 1 fully saturated rings. The van der Waals surface area contributed by atoms with Crippen molar-refractivity contribution in [2.75, 3.05) is 5.75 Å². The van der Waals surface area contributed by atoms with E-state index in [0.29, 0.717) is 19.3 Å². The van der Waals surface area contributed by atoms with Gasteiger partial charge in [-0.15, -0.1) is 0 Å². The van der Waals surface area contributed by atoms with Crippen LogP contribution in [0.3, 0.4) is 0 Å². The van der Waals surface area contributed by atoms with E-state index in [1.807, 2.05) is 0 Å². The van der Waals surface area contributed by atoms with Crippen LogP contribution >= 0.6 is 0 Å². The minimum Gasteiger partial charge on any atom is -0.286 e. The molecule has 0 bridgehead atoms. The Balaban J connectivity index is 2.24. The van der Waals surface area contributed by atoms with Gasteiger partial charge in [0.15, 0.2) is 0 Å². The van der Waals surface area contributed by atoms with Crippen molar-refractivity contribution in [3.63, 3.8) is 0 Å². The summed E-state index contributed by atoms with van der Waals surface area (Å²) in [4.78, 5) is 0. The quantitative estimate of drug-likeness (QED) is 0.722. The van der Waals surface area contributed by atoms with Gasteiger partial charge in [-0.25, -0.2) is 4.39 Å². The summed E-state index contributed by atoms with van der Waals surface area (Å²) in [6.45, 7) is 0. The highest BCUT2D eigenvalue weighted by Crippen LogP contribution is 2.28. The minimum absolute atomic E-state index is 0.186. The van der Waals surface area contributed by atoms with Crippen molar-refractivity contribution in [2.24, 2.45) is 5.92 Å². The van der Waals surface area contributed by atoms with Gasteiger partial charge in [-0.1, -0.05) is 0 Å². The van der Waals surface area contributed by atoms with Gasteiger partial charge in [0.25, 0.3) is 10.1 Å². The maximum absolute atomic E-state index is 12.7. The summed E-state index contributed by atoms with van der Waals surface area (Å²) < 4.78 is 42.0. The van der Waals surface area contributed by atoms with Gasteiger partial charge in [-0.2, -0.15) is 8.42 Å². The third-order valence-electron chi connectivity index (χ3n) is 2.56. The summed E-state index contributed by atoms with van der Waals surface area (Å²) in [5, 5.41) is 0. The fraction of sp³-hybridized carbons (Fsp3) is 1.00. The van der Waals surface area contributed by atoms with E-state index in [2.05, 4.69) is 0 Å². The molecule has 0 saturated heterocycles. The molecule has 0 spiro atoms. The fourth-order valence-corrected chi connectivity index (χ4v) is 2.36. The summed E-state index contributed by atoms with van der Waals surface area (Å²) in [5.74, 6) is 0.0863. The SMILES string of the molecule is O=S(=O)(O)CCC1CCC(F)CC1. The van der Waals surface area contributed by atoms with Gasteiger partial charge in [0.05, 0.1) is 5.75 Å². The maximum Gasteiger partial charge on any atom is 0.264 e. The molecule has 1 saturated carbocycles. The topological polar surface area (TPSA) is 54.4 Å². The molecule has 5 heteroatoms. The van der Waals surface area contributed by atoms with E-state index < -0.39 is 16.3 Å². The van der Waals surface area contributed by atoms with Crippen molar-refractivity contribution in [1.29, 1.82) is 0 Å². The van der Waals surface area contributed by atoms with E-state index in [-0.39, 0.29) is 11.7 Å². The van der Waals surface area contributed by atoms with E-state index in [1.54, 1.807) is 0 Å². The first-order chi connectivity index (χ1) is 5.97. The normalized spacial score (nSPS) is 30.3. The molecule has 0 aromatic heterocycles. The van der Waals surface area contributed by atoms with Gasteiger partial charge < -0.3 is 0 Å². The lowest BCUT2D eigenvalue weighted by Crippen LogP contribution is -2.18. The highest BCUT2D eigenvalue weighted by atomic mass is 32.2. The molecular weight excluding hydrogens is 195 g/mol. The van der Waals surface area contributed by atoms with Crippen LogP contribution in [-0.4, -0.2) is 24.9 Å². The third kappa shape index (κ3) is 4.57. The van der Waals surface area contributed by atoms with Crippen molar-refractivity contribution in [2.45, 2.75) is 38.3 Å². The molecule has 0 aromatic rings. The second-order valence-corrected chi connectivity index (χ2v) is 5.26. The zero-order valence-corrected chi connectivity index (χ0v) is 8.26. The van der Waals surface area contributed by atoms with Gasteiger partial charge >= 0.3 is 0 Å². The Kier molecular flexibility index (Phi) is 3.67. The summed E-state index contributed by atoms with van der Waals surface area (Å²) in [7, 11) is -3.83. The Morgan fingerprint density at radius 2 is 1.77 bits per heavy atom. The Labute approximate surface area is 78.1 Å². The lowest BCUT2D eigenvalue weighted by Gasteiger charge is -2.23. The molecular formula is C8H15FO3S. The first kappa shape index (κ1) is 10.9. The zero-order valence-electron chi connectivity index (χ0n) is 7.45. The molecule has 0 radical (unpaired) electrons. The number of hydrogen-bond donors (Lipinski definition) is 1. The van der Waals surface area contributed by atoms with Crippen molar-refractivity contribution >= 4 is 10.1 Å². The summed E-state index contributed by atoms with van der Waals surface area (Å²) in [6.07, 6.45) is 2.33. The van der Waals surface area contributed by atoms with Crippen molar-refractivity contribution < 1.29 is 17.4 Å². The van der Waals surface area contributed by atoms with Gasteiger partial charge in [0.2, 0.25) is 0 Å². The van der Waals surface area contributed by atoms with Crippen molar-refractivity contribution in [3.05, 3.63) is 0 Å². The average molecular weight is 210 g/mol. The molecule has 78 valence electrons. The first-order valence-electron chi connectivity index (χ1n) is 4.56. The molecule has 0 aromatic carbocycles. The average Bonchev–Trinajstić information content (AvgIpc) is 2.02. The standard InChI is InChI=1S/C8H15FO3S/c9-8-3-1-7(2-4-8)5-6-13(10,11)12/h7-8H,1-6H2,(H,10,11,12). The molecule has 0 aliphatic heterocycles. The van der Waals surface area contributed by atoms with Gasteiger partial charge in [-0.3, -0.25) is 4.55 Å². The molecule has 1 N–H and O–H groups in total. The molecule has 1 rings (SSSR count). The highest BCUT2D eigenvalue weighted by Gasteiger charge is 2.21. The largest absolute Gasteiger partial charge is 0.286 e. The van der Waals surface area contributed by atoms with E-state index in [9.17, 15) is 12.8 Å². The van der Waals surface area contributed by atoms with Crippen LogP contribution in [0.5, 0.6) is 0 Å². The Bertz CT molecular complexity index is 242. The van der Waals surface area contributed by atoms with Crippen LogP contribution in [0.1, 0.15) is 32.1 Å². The van der Waals surface area contributed by atoms with Crippen LogP contribution in [-0.2, 0) is 10.1 Å². The van der Waals surface area contributed by atoms with Crippen LogP contribution in [0.15, 0.2) is 0 Å². The van der Waals surface area contributed by atoms with Gasteiger partial charge in [0.1, 0.15) is 6.17 Å². The summed E-state index contributed by atoms with van der Waals surface area (Å²) in [6, 6.07) is 0. The predicted octanol–water partition coefficient (Wildman–Crippen LogP) is 1.79. The number of rotatable bonds is 3. The Morgan fingerprint density at radius 3 is 2.23 bits per heavy atom. The van der Waals surface area contributed by atoms with E-state index in [4.69, 9.17) is 4.55 Å². The molecule has 0 atom stereocenters. The first-order valence-corrected chi connectivity index (χ1v) is 6.17. The molecule has 13 heavy (non-hydrogen) atoms. The van der Waals surface area contributed by atoms with E-state index >= 15 is 0 Å². The summed E-state index contributed by atoms with van der Waals surface area (Å²) >= 11 is 0. The van der Waals surface area contributed by atoms with Crippen LogP contribution in [0.2, 0.25) is 0 Å². The number of hydrogen-bond acceptors (Lipinski definition) is 2. The lowest BCUT2D eigenvalue weighted by atomic mass is 9.86. The van der Waals surface area contributed by atoms with E-state index in [1.165, 1.54) is 0 Å². The summed E-state index contributed by atoms with van der Waals surface area (Å²) in [5.41, 5.74) is 0. The molecule has 3 nitrogen and oxygen atoms in total. The highest BCUT2D eigenvalue weighted by molar-refractivity contribution is 7.85. The Morgan fingerprint density at radius 1 is 1.23 bits per heavy atom. The van der Waals surface area contributed by atoms with Crippen LogP contribution in [0.4, 0.5) is 4.39 Å². The molecule has 1 aliphatic rings. The number of halogens is 1. The monoisotopic (exact) mass is 210 g/mol.